The first kappa shape index (κ1) is 11.3. The molecule has 2 amide bonds. The molecule has 0 aromatic heterocycles. The molecule has 0 unspecified atom stereocenters. The van der Waals surface area contributed by atoms with Crippen molar-refractivity contribution in [3.63, 3.8) is 0 Å². The van der Waals surface area contributed by atoms with E-state index in [0.717, 1.165) is 18.2 Å². The predicted molar refractivity (Wildman–Crippen MR) is 54.1 cm³/mol. The molecular formula is C8H14N2O3S. The van der Waals surface area contributed by atoms with Gasteiger partial charge in [-0.05, 0) is 12.8 Å². The first-order valence-electron chi connectivity index (χ1n) is 4.56. The molecule has 0 bridgehead atoms. The van der Waals surface area contributed by atoms with Crippen LogP contribution in [-0.2, 0) is 4.79 Å². The van der Waals surface area contributed by atoms with E-state index in [1.807, 2.05) is 0 Å². The highest BCUT2D eigenvalue weighted by atomic mass is 32.2. The third kappa shape index (κ3) is 3.55. The number of hydrogen-bond acceptors (Lipinski definition) is 4. The van der Waals surface area contributed by atoms with Gasteiger partial charge in [-0.1, -0.05) is 11.8 Å². The summed E-state index contributed by atoms with van der Waals surface area (Å²) in [6, 6.07) is -0.387. The molecule has 1 aliphatic heterocycles. The normalized spacial score (nSPS) is 20.6. The number of hydrogen-bond donors (Lipinski definition) is 3. The zero-order chi connectivity index (χ0) is 10.4. The van der Waals surface area contributed by atoms with Gasteiger partial charge >= 0.3 is 0 Å². The summed E-state index contributed by atoms with van der Waals surface area (Å²) in [5.41, 5.74) is 0. The lowest BCUT2D eigenvalue weighted by atomic mass is 10.3. The third-order valence-electron chi connectivity index (χ3n) is 1.87. The highest BCUT2D eigenvalue weighted by molar-refractivity contribution is 8.14. The molecule has 1 fully saturated rings. The molecule has 0 aliphatic carbocycles. The first-order valence-corrected chi connectivity index (χ1v) is 5.54. The quantitative estimate of drug-likeness (QED) is 0.554. The van der Waals surface area contributed by atoms with Crippen molar-refractivity contribution in [2.24, 2.45) is 0 Å². The van der Waals surface area contributed by atoms with Crippen LogP contribution in [0.5, 0.6) is 0 Å². The van der Waals surface area contributed by atoms with Crippen LogP contribution in [-0.4, -0.2) is 41.2 Å². The number of nitrogens with one attached hydrogen (secondary N) is 2. The van der Waals surface area contributed by atoms with E-state index in [1.54, 1.807) is 0 Å². The Hall–Kier alpha value is -0.750. The molecule has 0 saturated carbocycles. The van der Waals surface area contributed by atoms with Gasteiger partial charge in [0.15, 0.2) is 0 Å². The molecule has 14 heavy (non-hydrogen) atoms. The molecule has 1 rings (SSSR count). The van der Waals surface area contributed by atoms with Gasteiger partial charge in [-0.2, -0.15) is 0 Å². The minimum absolute atomic E-state index is 0.138. The summed E-state index contributed by atoms with van der Waals surface area (Å²) in [4.78, 5) is 22.1. The van der Waals surface area contributed by atoms with Crippen LogP contribution >= 0.6 is 11.8 Å². The van der Waals surface area contributed by atoms with Gasteiger partial charge in [-0.25, -0.2) is 0 Å². The maximum absolute atomic E-state index is 11.4. The minimum atomic E-state index is -0.387. The number of amides is 2. The van der Waals surface area contributed by atoms with Crippen molar-refractivity contribution in [2.45, 2.75) is 18.9 Å². The number of thioether (sulfide) groups is 1. The fraction of sp³-hybridized carbons (Fsp3) is 0.750. The van der Waals surface area contributed by atoms with Crippen molar-refractivity contribution < 1.29 is 14.7 Å². The number of carbonyl (C=O) groups excluding carboxylic acids is 2. The first-order chi connectivity index (χ1) is 6.74. The fourth-order valence-electron chi connectivity index (χ4n) is 1.10. The van der Waals surface area contributed by atoms with Crippen molar-refractivity contribution in [1.82, 2.24) is 10.6 Å². The molecule has 6 heteroatoms. The molecule has 1 heterocycles. The van der Waals surface area contributed by atoms with E-state index in [0.29, 0.717) is 18.7 Å². The van der Waals surface area contributed by atoms with Gasteiger partial charge in [-0.15, -0.1) is 0 Å². The number of aliphatic hydroxyl groups is 1. The molecule has 0 aromatic rings. The van der Waals surface area contributed by atoms with Gasteiger partial charge in [-0.3, -0.25) is 9.59 Å². The Bertz CT molecular complexity index is 223. The molecule has 0 spiro atoms. The number of rotatable bonds is 5. The monoisotopic (exact) mass is 218 g/mol. The minimum Gasteiger partial charge on any atom is -0.396 e. The molecule has 1 saturated heterocycles. The third-order valence-corrected chi connectivity index (χ3v) is 2.75. The molecule has 0 aromatic carbocycles. The van der Waals surface area contributed by atoms with E-state index in [1.165, 1.54) is 0 Å². The Morgan fingerprint density at radius 2 is 2.43 bits per heavy atom. The largest absolute Gasteiger partial charge is 0.396 e. The van der Waals surface area contributed by atoms with Crippen LogP contribution in [0.15, 0.2) is 0 Å². The molecule has 1 atom stereocenters. The van der Waals surface area contributed by atoms with Gasteiger partial charge < -0.3 is 15.7 Å². The molecule has 1 aliphatic rings. The van der Waals surface area contributed by atoms with E-state index in [4.69, 9.17) is 5.11 Å². The van der Waals surface area contributed by atoms with Crippen molar-refractivity contribution in [1.29, 1.82) is 0 Å². The second-order valence-corrected chi connectivity index (χ2v) is 4.01. The van der Waals surface area contributed by atoms with E-state index in [2.05, 4.69) is 10.6 Å². The lowest BCUT2D eigenvalue weighted by molar-refractivity contribution is -0.122. The summed E-state index contributed by atoms with van der Waals surface area (Å²) in [6.45, 7) is 0.697. The summed E-state index contributed by atoms with van der Waals surface area (Å²) in [5.74, 6) is 0.367. The van der Waals surface area contributed by atoms with Crippen LogP contribution in [0.25, 0.3) is 0 Å². The number of unbranched alkanes of at least 4 members (excludes halogenated alkanes) is 1. The smallest absolute Gasteiger partial charge is 0.279 e. The molecule has 3 N–H and O–H groups in total. The van der Waals surface area contributed by atoms with Crippen LogP contribution in [0.4, 0.5) is 4.79 Å². The highest BCUT2D eigenvalue weighted by Crippen LogP contribution is 2.12. The van der Waals surface area contributed by atoms with E-state index in [9.17, 15) is 9.59 Å². The van der Waals surface area contributed by atoms with E-state index >= 15 is 0 Å². The maximum Gasteiger partial charge on any atom is 0.279 e. The molecule has 80 valence electrons. The van der Waals surface area contributed by atoms with Crippen molar-refractivity contribution in [2.75, 3.05) is 18.9 Å². The van der Waals surface area contributed by atoms with Crippen molar-refractivity contribution in [3.05, 3.63) is 0 Å². The van der Waals surface area contributed by atoms with E-state index < -0.39 is 0 Å². The lowest BCUT2D eigenvalue weighted by Gasteiger charge is -2.09. The summed E-state index contributed by atoms with van der Waals surface area (Å²) in [6.07, 6.45) is 1.45. The van der Waals surface area contributed by atoms with Crippen molar-refractivity contribution >= 4 is 22.9 Å². The fourth-order valence-corrected chi connectivity index (χ4v) is 1.88. The molecular weight excluding hydrogens is 204 g/mol. The average molecular weight is 218 g/mol. The zero-order valence-corrected chi connectivity index (χ0v) is 8.60. The van der Waals surface area contributed by atoms with Crippen LogP contribution in [0.3, 0.4) is 0 Å². The Balaban J connectivity index is 2.12. The summed E-state index contributed by atoms with van der Waals surface area (Å²) >= 11 is 1.13. The standard InChI is InChI=1S/C8H14N2O3S/c11-4-2-1-3-9-7(12)6-5-14-8(13)10-6/h6,11H,1-5H2,(H,9,12)(H,10,13)/t6-/m0/s1. The number of carbonyl (C=O) groups is 2. The van der Waals surface area contributed by atoms with Crippen LogP contribution in [0, 0.1) is 0 Å². The summed E-state index contributed by atoms with van der Waals surface area (Å²) in [7, 11) is 0. The van der Waals surface area contributed by atoms with Gasteiger partial charge in [0.25, 0.3) is 5.24 Å². The van der Waals surface area contributed by atoms with Gasteiger partial charge in [0.1, 0.15) is 6.04 Å². The Morgan fingerprint density at radius 3 is 3.00 bits per heavy atom. The van der Waals surface area contributed by atoms with Gasteiger partial charge in [0.2, 0.25) is 5.91 Å². The summed E-state index contributed by atoms with van der Waals surface area (Å²) in [5, 5.41) is 13.6. The average Bonchev–Trinajstić information content (AvgIpc) is 2.59. The second kappa shape index (κ2) is 5.87. The summed E-state index contributed by atoms with van der Waals surface area (Å²) < 4.78 is 0. The lowest BCUT2D eigenvalue weighted by Crippen LogP contribution is -2.43. The van der Waals surface area contributed by atoms with Gasteiger partial charge in [0, 0.05) is 18.9 Å². The molecule has 0 radical (unpaired) electrons. The number of aliphatic hydroxyl groups excluding tert-OH is 1. The zero-order valence-electron chi connectivity index (χ0n) is 7.78. The van der Waals surface area contributed by atoms with Crippen LogP contribution in [0.1, 0.15) is 12.8 Å². The van der Waals surface area contributed by atoms with Crippen LogP contribution in [0.2, 0.25) is 0 Å². The van der Waals surface area contributed by atoms with Gasteiger partial charge in [0.05, 0.1) is 0 Å². The Kier molecular flexibility index (Phi) is 4.75. The second-order valence-electron chi connectivity index (χ2n) is 3.02. The SMILES string of the molecule is O=C1N[C@H](C(=O)NCCCCO)CS1. The predicted octanol–water partition coefficient (Wildman–Crippen LogP) is -0.300. The molecule has 5 nitrogen and oxygen atoms in total. The Labute approximate surface area is 86.6 Å². The van der Waals surface area contributed by atoms with E-state index in [-0.39, 0.29) is 23.8 Å². The van der Waals surface area contributed by atoms with Crippen LogP contribution < -0.4 is 10.6 Å². The highest BCUT2D eigenvalue weighted by Gasteiger charge is 2.27. The topological polar surface area (TPSA) is 78.4 Å². The Morgan fingerprint density at radius 1 is 1.64 bits per heavy atom. The van der Waals surface area contributed by atoms with Crippen molar-refractivity contribution in [3.8, 4) is 0 Å². The maximum atomic E-state index is 11.4.